The Morgan fingerprint density at radius 2 is 1.52 bits per heavy atom. The predicted molar refractivity (Wildman–Crippen MR) is 233 cm³/mol. The fraction of sp³-hybridized carbons (Fsp3) is 0.417. The van der Waals surface area contributed by atoms with Crippen LogP contribution in [-0.2, 0) is 49.0 Å². The summed E-state index contributed by atoms with van der Waals surface area (Å²) in [4.78, 5) is 63.2. The summed E-state index contributed by atoms with van der Waals surface area (Å²) in [6.45, 7) is 8.53. The van der Waals surface area contributed by atoms with Crippen LogP contribution in [0, 0.1) is 5.92 Å². The molecular formula is C48H54N4O7Si. The van der Waals surface area contributed by atoms with Crippen molar-refractivity contribution in [1.29, 1.82) is 0 Å². The van der Waals surface area contributed by atoms with Gasteiger partial charge < -0.3 is 34.2 Å². The minimum absolute atomic E-state index is 0.0472. The van der Waals surface area contributed by atoms with Crippen LogP contribution in [-0.4, -0.2) is 80.7 Å². The molecule has 4 aromatic carbocycles. The van der Waals surface area contributed by atoms with Crippen LogP contribution in [0.1, 0.15) is 61.3 Å². The number of nitrogens with zero attached hydrogens (tertiary/aromatic N) is 4. The normalized spacial score (nSPS) is 25.1. The van der Waals surface area contributed by atoms with E-state index in [0.717, 1.165) is 63.1 Å². The van der Waals surface area contributed by atoms with Crippen molar-refractivity contribution in [2.24, 2.45) is 5.92 Å². The third-order valence-corrected chi connectivity index (χ3v) is 18.5. The number of fused-ring (bicyclic) bond motifs is 3. The van der Waals surface area contributed by atoms with E-state index in [1.165, 1.54) is 0 Å². The van der Waals surface area contributed by atoms with Gasteiger partial charge in [-0.05, 0) is 84.0 Å². The zero-order valence-corrected chi connectivity index (χ0v) is 35.9. The molecule has 5 aliphatic rings. The smallest absolute Gasteiger partial charge is 0.264 e. The van der Waals surface area contributed by atoms with Crippen molar-refractivity contribution in [3.05, 3.63) is 113 Å². The van der Waals surface area contributed by atoms with Crippen molar-refractivity contribution in [3.63, 3.8) is 0 Å². The van der Waals surface area contributed by atoms with Gasteiger partial charge in [0.15, 0.2) is 5.60 Å². The van der Waals surface area contributed by atoms with Crippen molar-refractivity contribution in [3.8, 4) is 5.75 Å². The fourth-order valence-electron chi connectivity index (χ4n) is 11.0. The summed E-state index contributed by atoms with van der Waals surface area (Å²) in [5.74, 6) is 0.263. The number of carbonyl (C=O) groups is 4. The lowest BCUT2D eigenvalue weighted by Crippen LogP contribution is -2.52. The van der Waals surface area contributed by atoms with Gasteiger partial charge in [-0.25, -0.2) is 0 Å². The SMILES string of the molecule is COc1ccc([Si](C)(C)[C@H]2[C@H](CC(=O)N3Cc4ccccc4C[C@H]3CO)O[C@@]3(C(=O)N(Cc4ccc(N5CCCC5=O)cc4)c4ccc(N5CCCC5=O)cc43)[C@@H]2C)cc1. The first-order valence-corrected chi connectivity index (χ1v) is 24.5. The van der Waals surface area contributed by atoms with E-state index >= 15 is 4.79 Å². The van der Waals surface area contributed by atoms with Gasteiger partial charge in [0.2, 0.25) is 17.7 Å². The Morgan fingerprint density at radius 1 is 0.867 bits per heavy atom. The molecule has 0 bridgehead atoms. The third-order valence-electron chi connectivity index (χ3n) is 14.1. The standard InChI is InChI=1S/C48H54N4O7Si/c1-31-46(60(3,4)39-20-18-38(58-2)19-21-39)42(27-45(56)51-29-34-10-6-5-9-33(34)25-37(51)30-53)59-48(31)40-26-36(50-24-8-12-44(50)55)17-22-41(40)52(47(48)57)28-32-13-15-35(16-14-32)49-23-7-11-43(49)54/h5-6,9-10,13-22,26,31,37,42,46,53H,7-8,11-12,23-25,27-30H2,1-4H3/t31-,37+,42+,46-,48+/m1/s1. The highest BCUT2D eigenvalue weighted by atomic mass is 28.3. The van der Waals surface area contributed by atoms with Crippen molar-refractivity contribution >= 4 is 54.0 Å². The number of aliphatic hydroxyl groups excluding tert-OH is 1. The van der Waals surface area contributed by atoms with Crippen LogP contribution < -0.4 is 24.6 Å². The summed E-state index contributed by atoms with van der Waals surface area (Å²) in [6.07, 6.45) is 2.61. The Bertz CT molecular complexity index is 2330. The molecule has 12 heteroatoms. The van der Waals surface area contributed by atoms with Crippen LogP contribution >= 0.6 is 0 Å². The summed E-state index contributed by atoms with van der Waals surface area (Å²) < 4.78 is 12.9. The number of methoxy groups -OCH3 is 1. The number of hydrogen-bond donors (Lipinski definition) is 1. The van der Waals surface area contributed by atoms with Crippen LogP contribution in [0.25, 0.3) is 0 Å². The molecule has 60 heavy (non-hydrogen) atoms. The molecule has 11 nitrogen and oxygen atoms in total. The first-order chi connectivity index (χ1) is 28.9. The molecule has 9 rings (SSSR count). The van der Waals surface area contributed by atoms with E-state index in [2.05, 4.69) is 38.2 Å². The molecule has 0 radical (unpaired) electrons. The minimum atomic E-state index is -2.59. The van der Waals surface area contributed by atoms with Gasteiger partial charge in [-0.2, -0.15) is 0 Å². The highest BCUT2D eigenvalue weighted by Gasteiger charge is 2.66. The van der Waals surface area contributed by atoms with Crippen molar-refractivity contribution in [2.75, 3.05) is 41.5 Å². The molecular weight excluding hydrogens is 773 g/mol. The van der Waals surface area contributed by atoms with Gasteiger partial charge in [0.1, 0.15) is 5.75 Å². The molecule has 0 aliphatic carbocycles. The summed E-state index contributed by atoms with van der Waals surface area (Å²) in [7, 11) is -0.942. The largest absolute Gasteiger partial charge is 0.497 e. The molecule has 312 valence electrons. The summed E-state index contributed by atoms with van der Waals surface area (Å²) in [5.41, 5.74) is 4.51. The molecule has 0 aromatic heterocycles. The minimum Gasteiger partial charge on any atom is -0.497 e. The Morgan fingerprint density at radius 3 is 2.15 bits per heavy atom. The van der Waals surface area contributed by atoms with E-state index in [4.69, 9.17) is 9.47 Å². The summed E-state index contributed by atoms with van der Waals surface area (Å²) in [6, 6.07) is 29.6. The number of ether oxygens (including phenoxy) is 2. The number of carbonyl (C=O) groups excluding carboxylic acids is 4. The van der Waals surface area contributed by atoms with E-state index in [1.807, 2.05) is 82.6 Å². The maximum Gasteiger partial charge on any atom is 0.264 e. The van der Waals surface area contributed by atoms with Crippen molar-refractivity contribution in [1.82, 2.24) is 4.90 Å². The Kier molecular flexibility index (Phi) is 10.4. The number of anilines is 3. The van der Waals surface area contributed by atoms with E-state index in [9.17, 15) is 19.5 Å². The summed E-state index contributed by atoms with van der Waals surface area (Å²) in [5, 5.41) is 11.7. The predicted octanol–water partition coefficient (Wildman–Crippen LogP) is 6.05. The average Bonchev–Trinajstić information content (AvgIpc) is 4.02. The Hall–Kier alpha value is -5.30. The van der Waals surface area contributed by atoms with Gasteiger partial charge >= 0.3 is 0 Å². The monoisotopic (exact) mass is 826 g/mol. The Balaban J connectivity index is 1.12. The van der Waals surface area contributed by atoms with Gasteiger partial charge in [0.05, 0.1) is 52.6 Å². The average molecular weight is 827 g/mol. The van der Waals surface area contributed by atoms with Gasteiger partial charge in [-0.15, -0.1) is 0 Å². The molecule has 0 unspecified atom stereocenters. The van der Waals surface area contributed by atoms with E-state index in [0.29, 0.717) is 38.9 Å². The van der Waals surface area contributed by atoms with Gasteiger partial charge in [0, 0.05) is 55.3 Å². The fourth-order valence-corrected chi connectivity index (χ4v) is 15.0. The zero-order valence-electron chi connectivity index (χ0n) is 34.9. The summed E-state index contributed by atoms with van der Waals surface area (Å²) >= 11 is 0. The molecule has 4 aromatic rings. The van der Waals surface area contributed by atoms with Gasteiger partial charge in [-0.3, -0.25) is 19.2 Å². The molecule has 5 atom stereocenters. The second-order valence-electron chi connectivity index (χ2n) is 17.7. The van der Waals surface area contributed by atoms with Crippen molar-refractivity contribution in [2.45, 2.75) is 94.9 Å². The lowest BCUT2D eigenvalue weighted by atomic mass is 9.82. The first-order valence-electron chi connectivity index (χ1n) is 21.4. The molecule has 1 spiro atoms. The second-order valence-corrected chi connectivity index (χ2v) is 22.4. The van der Waals surface area contributed by atoms with Crippen LogP contribution in [0.2, 0.25) is 18.6 Å². The lowest BCUT2D eigenvalue weighted by molar-refractivity contribution is -0.151. The molecule has 1 N–H and O–H groups in total. The van der Waals surface area contributed by atoms with Crippen LogP contribution in [0.3, 0.4) is 0 Å². The molecule has 5 heterocycles. The second kappa shape index (κ2) is 15.6. The van der Waals surface area contributed by atoms with Gasteiger partial charge in [0.25, 0.3) is 5.91 Å². The van der Waals surface area contributed by atoms with E-state index < -0.39 is 19.8 Å². The number of aliphatic hydroxyl groups is 1. The highest BCUT2D eigenvalue weighted by Crippen LogP contribution is 2.61. The first kappa shape index (κ1) is 40.1. The lowest BCUT2D eigenvalue weighted by Gasteiger charge is -2.39. The van der Waals surface area contributed by atoms with Crippen LogP contribution in [0.5, 0.6) is 5.75 Å². The number of amides is 4. The molecule has 3 saturated heterocycles. The van der Waals surface area contributed by atoms with E-state index in [-0.39, 0.29) is 60.7 Å². The van der Waals surface area contributed by atoms with E-state index in [1.54, 1.807) is 16.9 Å². The molecule has 4 amide bonds. The van der Waals surface area contributed by atoms with Crippen molar-refractivity contribution < 1.29 is 33.8 Å². The van der Waals surface area contributed by atoms with Crippen LogP contribution in [0.4, 0.5) is 17.1 Å². The number of benzene rings is 4. The third kappa shape index (κ3) is 6.63. The van der Waals surface area contributed by atoms with Crippen LogP contribution in [0.15, 0.2) is 91.0 Å². The number of hydrogen-bond acceptors (Lipinski definition) is 7. The molecule has 3 fully saturated rings. The topological polar surface area (TPSA) is 120 Å². The Labute approximate surface area is 352 Å². The number of rotatable bonds is 10. The zero-order chi connectivity index (χ0) is 41.9. The molecule has 5 aliphatic heterocycles. The van der Waals surface area contributed by atoms with Gasteiger partial charge in [-0.1, -0.05) is 73.7 Å². The maximum atomic E-state index is 15.6. The molecule has 0 saturated carbocycles. The highest BCUT2D eigenvalue weighted by molar-refractivity contribution is 6.91. The maximum absolute atomic E-state index is 15.6. The quantitative estimate of drug-likeness (QED) is 0.194.